The van der Waals surface area contributed by atoms with Gasteiger partial charge in [-0.1, -0.05) is 36.8 Å². The minimum Gasteiger partial charge on any atom is -0.508 e. The lowest BCUT2D eigenvalue weighted by atomic mass is 9.85. The van der Waals surface area contributed by atoms with Crippen LogP contribution in [0.4, 0.5) is 4.79 Å². The van der Waals surface area contributed by atoms with Gasteiger partial charge in [0.1, 0.15) is 17.2 Å². The van der Waals surface area contributed by atoms with E-state index >= 15 is 0 Å². The number of benzene rings is 2. The molecule has 7 rings (SSSR count). The fourth-order valence-electron chi connectivity index (χ4n) is 7.84. The van der Waals surface area contributed by atoms with E-state index in [0.717, 1.165) is 36.3 Å². The number of amides is 1. The molecule has 3 aliphatic carbocycles. The third-order valence-corrected chi connectivity index (χ3v) is 9.37. The quantitative estimate of drug-likeness (QED) is 0.378. The van der Waals surface area contributed by atoms with Gasteiger partial charge in [-0.05, 0) is 105 Å². The second-order valence-electron chi connectivity index (χ2n) is 12.8. The van der Waals surface area contributed by atoms with Crippen LogP contribution in [0.2, 0.25) is 0 Å². The summed E-state index contributed by atoms with van der Waals surface area (Å²) in [7, 11) is 0. The highest BCUT2D eigenvalue weighted by molar-refractivity contribution is 5.76. The fraction of sp³-hybridized carbons (Fsp3) is 0.500. The van der Waals surface area contributed by atoms with Crippen molar-refractivity contribution in [2.75, 3.05) is 0 Å². The molecule has 3 fully saturated rings. The number of imidazole rings is 1. The maximum atomic E-state index is 13.2. The zero-order valence-corrected chi connectivity index (χ0v) is 22.5. The first-order chi connectivity index (χ1) is 18.3. The standard InChI is InChI=1S/C32H37N3O3/c1-32(2,3)38-31(37)35-25-6-4-5-20(25)16-26(35)30-33-17-24(34-30)19-9-7-18(8-10-19)23-13-14-27(36)29-22-12-11-21(15-22)28(23)29/h7-10,13-14,17,20-22,25-26,36H,4-6,11-12,15-16H2,1-3H3,(H,33,34)/t20-,21?,22?,25-,26-/m0/s1. The van der Waals surface area contributed by atoms with Crippen LogP contribution in [-0.4, -0.2) is 37.7 Å². The summed E-state index contributed by atoms with van der Waals surface area (Å²) in [6.45, 7) is 5.77. The van der Waals surface area contributed by atoms with E-state index in [-0.39, 0.29) is 18.2 Å². The van der Waals surface area contributed by atoms with E-state index in [9.17, 15) is 9.90 Å². The molecule has 2 saturated carbocycles. The van der Waals surface area contributed by atoms with Gasteiger partial charge in [-0.15, -0.1) is 0 Å². The highest BCUT2D eigenvalue weighted by Gasteiger charge is 2.49. The minimum absolute atomic E-state index is 0.0804. The normalized spacial score (nSPS) is 27.6. The first-order valence-electron chi connectivity index (χ1n) is 14.3. The molecule has 0 spiro atoms. The third kappa shape index (κ3) is 3.83. The summed E-state index contributed by atoms with van der Waals surface area (Å²) >= 11 is 0. The second-order valence-corrected chi connectivity index (χ2v) is 12.8. The summed E-state index contributed by atoms with van der Waals surface area (Å²) < 4.78 is 5.82. The first-order valence-corrected chi connectivity index (χ1v) is 14.3. The molecule has 5 atom stereocenters. The van der Waals surface area contributed by atoms with Gasteiger partial charge in [-0.3, -0.25) is 4.90 Å². The van der Waals surface area contributed by atoms with E-state index in [4.69, 9.17) is 9.72 Å². The number of aromatic amines is 1. The number of carbonyl (C=O) groups excluding carboxylic acids is 1. The van der Waals surface area contributed by atoms with Crippen molar-refractivity contribution in [2.24, 2.45) is 5.92 Å². The topological polar surface area (TPSA) is 78.4 Å². The van der Waals surface area contributed by atoms with E-state index in [0.29, 0.717) is 23.5 Å². The molecular weight excluding hydrogens is 474 g/mol. The Balaban J connectivity index is 1.15. The Morgan fingerprint density at radius 1 is 0.974 bits per heavy atom. The van der Waals surface area contributed by atoms with Crippen LogP contribution in [0.5, 0.6) is 5.75 Å². The number of nitrogens with one attached hydrogen (secondary N) is 1. The van der Waals surface area contributed by atoms with Gasteiger partial charge in [-0.2, -0.15) is 0 Å². The molecule has 1 saturated heterocycles. The molecule has 2 unspecified atom stereocenters. The summed E-state index contributed by atoms with van der Waals surface area (Å²) in [5.74, 6) is 2.92. The third-order valence-electron chi connectivity index (χ3n) is 9.37. The van der Waals surface area contributed by atoms with Crippen LogP contribution in [0.1, 0.15) is 101 Å². The van der Waals surface area contributed by atoms with Gasteiger partial charge in [0.05, 0.1) is 17.9 Å². The molecule has 3 aromatic rings. The summed E-state index contributed by atoms with van der Waals surface area (Å²) in [6, 6.07) is 12.8. The number of aromatic hydroxyl groups is 1. The number of ether oxygens (including phenoxy) is 1. The molecule has 2 heterocycles. The van der Waals surface area contributed by atoms with Crippen molar-refractivity contribution in [1.82, 2.24) is 14.9 Å². The van der Waals surface area contributed by atoms with Crippen LogP contribution in [0.25, 0.3) is 22.4 Å². The molecule has 2 bridgehead atoms. The molecule has 4 aliphatic rings. The van der Waals surface area contributed by atoms with E-state index in [2.05, 4.69) is 35.3 Å². The number of phenols is 1. The predicted molar refractivity (Wildman–Crippen MR) is 147 cm³/mol. The Bertz CT molecular complexity index is 1390. The summed E-state index contributed by atoms with van der Waals surface area (Å²) in [5, 5.41) is 10.5. The monoisotopic (exact) mass is 511 g/mol. The van der Waals surface area contributed by atoms with Crippen molar-refractivity contribution in [3.05, 3.63) is 59.5 Å². The zero-order valence-electron chi connectivity index (χ0n) is 22.5. The van der Waals surface area contributed by atoms with Crippen molar-refractivity contribution in [3.63, 3.8) is 0 Å². The lowest BCUT2D eigenvalue weighted by Gasteiger charge is -2.31. The smallest absolute Gasteiger partial charge is 0.411 e. The SMILES string of the molecule is CC(C)(C)OC(=O)N1[C@H](c2ncc(-c3ccc(-c4ccc(O)c5c4C4CCC5C4)cc3)[nH]2)C[C@@H]2CCC[C@@H]21. The highest BCUT2D eigenvalue weighted by atomic mass is 16.6. The summed E-state index contributed by atoms with van der Waals surface area (Å²) in [5.41, 5.74) is 6.52. The van der Waals surface area contributed by atoms with Gasteiger partial charge < -0.3 is 14.8 Å². The minimum atomic E-state index is -0.522. The van der Waals surface area contributed by atoms with Crippen LogP contribution in [-0.2, 0) is 4.74 Å². The van der Waals surface area contributed by atoms with Crippen LogP contribution in [0.3, 0.4) is 0 Å². The molecule has 1 aromatic heterocycles. The molecule has 198 valence electrons. The average molecular weight is 512 g/mol. The maximum absolute atomic E-state index is 13.2. The van der Waals surface area contributed by atoms with Crippen molar-refractivity contribution >= 4 is 6.09 Å². The Kier molecular flexibility index (Phi) is 5.40. The average Bonchev–Trinajstić information content (AvgIpc) is 3.69. The van der Waals surface area contributed by atoms with Crippen LogP contribution in [0, 0.1) is 5.92 Å². The van der Waals surface area contributed by atoms with Crippen LogP contribution < -0.4 is 0 Å². The lowest BCUT2D eigenvalue weighted by molar-refractivity contribution is 0.0130. The van der Waals surface area contributed by atoms with Gasteiger partial charge in [0.15, 0.2) is 0 Å². The van der Waals surface area contributed by atoms with E-state index < -0.39 is 5.60 Å². The number of fused-ring (bicyclic) bond motifs is 6. The largest absolute Gasteiger partial charge is 0.508 e. The van der Waals surface area contributed by atoms with E-state index in [1.807, 2.05) is 37.9 Å². The molecule has 6 nitrogen and oxygen atoms in total. The number of H-pyrrole nitrogens is 1. The van der Waals surface area contributed by atoms with Crippen molar-refractivity contribution < 1.29 is 14.6 Å². The molecule has 38 heavy (non-hydrogen) atoms. The second kappa shape index (κ2) is 8.62. The number of rotatable bonds is 3. The number of hydrogen-bond donors (Lipinski definition) is 2. The number of aromatic nitrogens is 2. The fourth-order valence-corrected chi connectivity index (χ4v) is 7.84. The molecule has 2 aromatic carbocycles. The van der Waals surface area contributed by atoms with Crippen molar-refractivity contribution in [3.8, 4) is 28.1 Å². The van der Waals surface area contributed by atoms with Crippen LogP contribution in [0.15, 0.2) is 42.6 Å². The highest BCUT2D eigenvalue weighted by Crippen LogP contribution is 2.58. The number of nitrogens with zero attached hydrogens (tertiary/aromatic N) is 2. The van der Waals surface area contributed by atoms with E-state index in [1.54, 1.807) is 0 Å². The number of phenolic OH excluding ortho intramolecular Hbond substituents is 1. The van der Waals surface area contributed by atoms with E-state index in [1.165, 1.54) is 47.9 Å². The van der Waals surface area contributed by atoms with Gasteiger partial charge >= 0.3 is 6.09 Å². The van der Waals surface area contributed by atoms with Crippen molar-refractivity contribution in [2.45, 2.75) is 95.2 Å². The summed E-state index contributed by atoms with van der Waals surface area (Å²) in [6.07, 6.45) is 9.58. The molecule has 6 heteroatoms. The predicted octanol–water partition coefficient (Wildman–Crippen LogP) is 7.66. The number of carbonyl (C=O) groups is 1. The number of hydrogen-bond acceptors (Lipinski definition) is 4. The molecule has 1 amide bonds. The Morgan fingerprint density at radius 2 is 1.71 bits per heavy atom. The number of likely N-dealkylation sites (tertiary alicyclic amines) is 1. The molecule has 2 N–H and O–H groups in total. The lowest BCUT2D eigenvalue weighted by Crippen LogP contribution is -2.41. The van der Waals surface area contributed by atoms with Gasteiger partial charge in [0.25, 0.3) is 0 Å². The Labute approximate surface area is 224 Å². The Hall–Kier alpha value is -3.28. The zero-order chi connectivity index (χ0) is 26.2. The van der Waals surface area contributed by atoms with Gasteiger partial charge in [0.2, 0.25) is 0 Å². The maximum Gasteiger partial charge on any atom is 0.411 e. The first kappa shape index (κ1) is 23.8. The summed E-state index contributed by atoms with van der Waals surface area (Å²) in [4.78, 5) is 23.5. The molecular formula is C32H37N3O3. The van der Waals surface area contributed by atoms with Gasteiger partial charge in [0, 0.05) is 11.6 Å². The van der Waals surface area contributed by atoms with Crippen molar-refractivity contribution in [1.29, 1.82) is 0 Å². The Morgan fingerprint density at radius 3 is 2.47 bits per heavy atom. The van der Waals surface area contributed by atoms with Crippen LogP contribution >= 0.6 is 0 Å². The van der Waals surface area contributed by atoms with Gasteiger partial charge in [-0.25, -0.2) is 9.78 Å². The molecule has 0 radical (unpaired) electrons. The molecule has 1 aliphatic heterocycles.